The Bertz CT molecular complexity index is 778. The van der Waals surface area contributed by atoms with Crippen molar-refractivity contribution in [2.75, 3.05) is 37.9 Å². The maximum absolute atomic E-state index is 12.5. The molecule has 0 spiro atoms. The van der Waals surface area contributed by atoms with Gasteiger partial charge in [-0.2, -0.15) is 4.98 Å². The van der Waals surface area contributed by atoms with Gasteiger partial charge in [-0.25, -0.2) is 4.98 Å². The fourth-order valence-electron chi connectivity index (χ4n) is 2.75. The Kier molecular flexibility index (Phi) is 5.37. The van der Waals surface area contributed by atoms with Gasteiger partial charge in [0.05, 0.1) is 17.3 Å². The van der Waals surface area contributed by atoms with E-state index >= 15 is 0 Å². The second kappa shape index (κ2) is 7.69. The monoisotopic (exact) mass is 405 g/mol. The van der Waals surface area contributed by atoms with Crippen LogP contribution in [0.2, 0.25) is 0 Å². The predicted molar refractivity (Wildman–Crippen MR) is 101 cm³/mol. The van der Waals surface area contributed by atoms with Gasteiger partial charge < -0.3 is 20.3 Å². The van der Waals surface area contributed by atoms with Crippen molar-refractivity contribution in [2.24, 2.45) is 0 Å². The van der Waals surface area contributed by atoms with E-state index in [4.69, 9.17) is 4.74 Å². The first-order valence-corrected chi connectivity index (χ1v) is 8.86. The molecule has 7 nitrogen and oxygen atoms in total. The minimum atomic E-state index is 0.0414. The summed E-state index contributed by atoms with van der Waals surface area (Å²) in [5, 5.41) is 6.11. The first kappa shape index (κ1) is 17.5. The van der Waals surface area contributed by atoms with E-state index in [1.165, 1.54) is 0 Å². The van der Waals surface area contributed by atoms with Gasteiger partial charge in [0.15, 0.2) is 0 Å². The van der Waals surface area contributed by atoms with Crippen molar-refractivity contribution in [3.05, 3.63) is 34.4 Å². The zero-order valence-corrected chi connectivity index (χ0v) is 15.8. The summed E-state index contributed by atoms with van der Waals surface area (Å²) in [6, 6.07) is 5.36. The van der Waals surface area contributed by atoms with E-state index in [1.807, 2.05) is 11.0 Å². The van der Waals surface area contributed by atoms with E-state index < -0.39 is 0 Å². The molecular weight excluding hydrogens is 386 g/mol. The van der Waals surface area contributed by atoms with Crippen molar-refractivity contribution in [3.63, 3.8) is 0 Å². The SMILES string of the molecule is CNc1nc(Nc2ccc(C(=O)N3CCCC3)cc2OC)ncc1Br. The standard InChI is InChI=1S/C17H20BrN5O2/c1-19-15-12(18)10-20-17(22-15)21-13-6-5-11(9-14(13)25-2)16(24)23-7-3-4-8-23/h5-6,9-10H,3-4,7-8H2,1-2H3,(H2,19,20,21,22). The third-order valence-electron chi connectivity index (χ3n) is 4.07. The number of nitrogens with one attached hydrogen (secondary N) is 2. The summed E-state index contributed by atoms with van der Waals surface area (Å²) in [5.74, 6) is 1.73. The first-order chi connectivity index (χ1) is 12.1. The Morgan fingerprint density at radius 1 is 1.32 bits per heavy atom. The molecule has 2 aromatic rings. The van der Waals surface area contributed by atoms with Crippen molar-refractivity contribution in [2.45, 2.75) is 12.8 Å². The molecule has 0 aliphatic carbocycles. The molecule has 1 saturated heterocycles. The number of amides is 1. The Balaban J connectivity index is 1.83. The smallest absolute Gasteiger partial charge is 0.253 e. The van der Waals surface area contributed by atoms with E-state index in [2.05, 4.69) is 36.5 Å². The molecule has 1 aromatic carbocycles. The number of hydrogen-bond donors (Lipinski definition) is 2. The highest BCUT2D eigenvalue weighted by Crippen LogP contribution is 2.29. The molecule has 25 heavy (non-hydrogen) atoms. The van der Waals surface area contributed by atoms with Gasteiger partial charge in [0.25, 0.3) is 5.91 Å². The van der Waals surface area contributed by atoms with Crippen LogP contribution < -0.4 is 15.4 Å². The van der Waals surface area contributed by atoms with E-state index in [-0.39, 0.29) is 5.91 Å². The third kappa shape index (κ3) is 3.84. The zero-order chi connectivity index (χ0) is 17.8. The number of nitrogens with zero attached hydrogens (tertiary/aromatic N) is 3. The number of hydrogen-bond acceptors (Lipinski definition) is 6. The van der Waals surface area contributed by atoms with Crippen LogP contribution in [0.5, 0.6) is 5.75 Å². The number of halogens is 1. The zero-order valence-electron chi connectivity index (χ0n) is 14.2. The summed E-state index contributed by atoms with van der Waals surface area (Å²) in [6.45, 7) is 1.64. The normalized spacial score (nSPS) is 13.6. The van der Waals surface area contributed by atoms with Crippen LogP contribution in [0, 0.1) is 0 Å². The largest absolute Gasteiger partial charge is 0.495 e. The number of anilines is 3. The van der Waals surface area contributed by atoms with Gasteiger partial charge in [-0.15, -0.1) is 0 Å². The Morgan fingerprint density at radius 3 is 2.76 bits per heavy atom. The number of methoxy groups -OCH3 is 1. The molecule has 1 aliphatic heterocycles. The Hall–Kier alpha value is -2.35. The van der Waals surface area contributed by atoms with Crippen LogP contribution in [0.25, 0.3) is 0 Å². The maximum Gasteiger partial charge on any atom is 0.253 e. The molecule has 0 bridgehead atoms. The number of rotatable bonds is 5. The molecule has 0 unspecified atom stereocenters. The molecule has 1 aliphatic rings. The summed E-state index contributed by atoms with van der Waals surface area (Å²) in [4.78, 5) is 23.0. The molecule has 3 rings (SSSR count). The lowest BCUT2D eigenvalue weighted by molar-refractivity contribution is 0.0792. The van der Waals surface area contributed by atoms with Crippen LogP contribution >= 0.6 is 15.9 Å². The second-order valence-corrected chi connectivity index (χ2v) is 6.53. The fraction of sp³-hybridized carbons (Fsp3) is 0.353. The molecule has 1 fully saturated rings. The van der Waals surface area contributed by atoms with Gasteiger partial charge in [-0.05, 0) is 47.0 Å². The average Bonchev–Trinajstić information content (AvgIpc) is 3.17. The minimum absolute atomic E-state index is 0.0414. The lowest BCUT2D eigenvalue weighted by Crippen LogP contribution is -2.27. The summed E-state index contributed by atoms with van der Waals surface area (Å²) < 4.78 is 6.21. The van der Waals surface area contributed by atoms with Crippen LogP contribution in [0.15, 0.2) is 28.9 Å². The first-order valence-electron chi connectivity index (χ1n) is 8.07. The van der Waals surface area contributed by atoms with Crippen molar-refractivity contribution in [3.8, 4) is 5.75 Å². The average molecular weight is 406 g/mol. The molecule has 132 valence electrons. The summed E-state index contributed by atoms with van der Waals surface area (Å²) in [7, 11) is 3.36. The third-order valence-corrected chi connectivity index (χ3v) is 4.65. The van der Waals surface area contributed by atoms with E-state index in [9.17, 15) is 4.79 Å². The Morgan fingerprint density at radius 2 is 2.08 bits per heavy atom. The molecule has 2 N–H and O–H groups in total. The topological polar surface area (TPSA) is 79.4 Å². The molecule has 1 aromatic heterocycles. The molecule has 8 heteroatoms. The van der Waals surface area contributed by atoms with Crippen LogP contribution in [0.3, 0.4) is 0 Å². The van der Waals surface area contributed by atoms with Crippen molar-refractivity contribution in [1.82, 2.24) is 14.9 Å². The highest BCUT2D eigenvalue weighted by atomic mass is 79.9. The fourth-order valence-corrected chi connectivity index (χ4v) is 3.14. The van der Waals surface area contributed by atoms with E-state index in [0.717, 1.165) is 30.4 Å². The van der Waals surface area contributed by atoms with Gasteiger partial charge in [-0.3, -0.25) is 4.79 Å². The molecule has 0 atom stereocenters. The predicted octanol–water partition coefficient (Wildman–Crippen LogP) is 3.27. The number of carbonyl (C=O) groups excluding carboxylic acids is 1. The number of carbonyl (C=O) groups is 1. The van der Waals surface area contributed by atoms with Crippen LogP contribution in [-0.4, -0.2) is 48.0 Å². The van der Waals surface area contributed by atoms with Crippen molar-refractivity contribution >= 4 is 39.3 Å². The summed E-state index contributed by atoms with van der Waals surface area (Å²) in [6.07, 6.45) is 3.80. The van der Waals surface area contributed by atoms with E-state index in [0.29, 0.717) is 28.8 Å². The van der Waals surface area contributed by atoms with Crippen molar-refractivity contribution < 1.29 is 9.53 Å². The summed E-state index contributed by atoms with van der Waals surface area (Å²) in [5.41, 5.74) is 1.32. The summed E-state index contributed by atoms with van der Waals surface area (Å²) >= 11 is 3.38. The highest BCUT2D eigenvalue weighted by Gasteiger charge is 2.20. The molecular formula is C17H20BrN5O2. The van der Waals surface area contributed by atoms with Crippen LogP contribution in [0.4, 0.5) is 17.5 Å². The van der Waals surface area contributed by atoms with Gasteiger partial charge in [0.2, 0.25) is 5.95 Å². The van der Waals surface area contributed by atoms with Crippen LogP contribution in [-0.2, 0) is 0 Å². The van der Waals surface area contributed by atoms with Gasteiger partial charge in [0, 0.05) is 31.9 Å². The molecule has 1 amide bonds. The minimum Gasteiger partial charge on any atom is -0.495 e. The second-order valence-electron chi connectivity index (χ2n) is 5.68. The molecule has 0 saturated carbocycles. The quantitative estimate of drug-likeness (QED) is 0.794. The number of benzene rings is 1. The number of aromatic nitrogens is 2. The van der Waals surface area contributed by atoms with Crippen LogP contribution in [0.1, 0.15) is 23.2 Å². The van der Waals surface area contributed by atoms with E-state index in [1.54, 1.807) is 32.5 Å². The van der Waals surface area contributed by atoms with Gasteiger partial charge >= 0.3 is 0 Å². The lowest BCUT2D eigenvalue weighted by Gasteiger charge is -2.17. The van der Waals surface area contributed by atoms with Crippen molar-refractivity contribution in [1.29, 1.82) is 0 Å². The highest BCUT2D eigenvalue weighted by molar-refractivity contribution is 9.10. The van der Waals surface area contributed by atoms with Gasteiger partial charge in [-0.1, -0.05) is 0 Å². The number of ether oxygens (including phenoxy) is 1. The Labute approximate surface area is 154 Å². The lowest BCUT2D eigenvalue weighted by atomic mass is 10.1. The molecule has 0 radical (unpaired) electrons. The van der Waals surface area contributed by atoms with Gasteiger partial charge in [0.1, 0.15) is 11.6 Å². The number of likely N-dealkylation sites (tertiary alicyclic amines) is 1. The maximum atomic E-state index is 12.5. The molecule has 2 heterocycles.